The number of benzene rings is 2. The number of amides is 2. The number of carbonyl (C=O) groups excluding carboxylic acids is 1. The van der Waals surface area contributed by atoms with Crippen LogP contribution in [0.2, 0.25) is 0 Å². The molecule has 3 rings (SSSR count). The van der Waals surface area contributed by atoms with Crippen LogP contribution in [0.1, 0.15) is 18.4 Å². The Hall–Kier alpha value is -2.28. The summed E-state index contributed by atoms with van der Waals surface area (Å²) in [7, 11) is 1.48. The van der Waals surface area contributed by atoms with E-state index in [9.17, 15) is 14.3 Å². The fourth-order valence-corrected chi connectivity index (χ4v) is 3.00. The number of hydrogen-bond donors (Lipinski definition) is 2. The lowest BCUT2D eigenvalue weighted by Gasteiger charge is -2.23. The first-order valence-corrected chi connectivity index (χ1v) is 8.66. The van der Waals surface area contributed by atoms with Gasteiger partial charge in [-0.1, -0.05) is 6.07 Å². The van der Waals surface area contributed by atoms with Gasteiger partial charge in [-0.15, -0.1) is 0 Å². The minimum Gasteiger partial charge on any atom is -0.504 e. The predicted molar refractivity (Wildman–Crippen MR) is 96.3 cm³/mol. The van der Waals surface area contributed by atoms with Gasteiger partial charge in [0.1, 0.15) is 5.82 Å². The lowest BCUT2D eigenvalue weighted by atomic mass is 10.2. The van der Waals surface area contributed by atoms with Crippen molar-refractivity contribution >= 4 is 27.6 Å². The van der Waals surface area contributed by atoms with Crippen LogP contribution in [0, 0.1) is 5.82 Å². The van der Waals surface area contributed by atoms with Gasteiger partial charge in [0.25, 0.3) is 0 Å². The van der Waals surface area contributed by atoms with E-state index in [1.54, 1.807) is 23.1 Å². The minimum absolute atomic E-state index is 0.0592. The second kappa shape index (κ2) is 7.31. The SMILES string of the molecule is COc1cc(CN(C(=O)Nc2ccc(F)cc2Br)C2CC2)ccc1O. The van der Waals surface area contributed by atoms with Gasteiger partial charge in [-0.2, -0.15) is 0 Å². The third-order valence-electron chi connectivity index (χ3n) is 4.02. The number of anilines is 1. The van der Waals surface area contributed by atoms with E-state index in [-0.39, 0.29) is 23.6 Å². The molecule has 5 nitrogen and oxygen atoms in total. The monoisotopic (exact) mass is 408 g/mol. The molecule has 7 heteroatoms. The Kier molecular flexibility index (Phi) is 5.13. The molecule has 0 atom stereocenters. The van der Waals surface area contributed by atoms with Gasteiger partial charge < -0.3 is 20.1 Å². The molecule has 2 aromatic carbocycles. The highest BCUT2D eigenvalue weighted by Gasteiger charge is 2.33. The average Bonchev–Trinajstić information content (AvgIpc) is 3.41. The molecule has 0 saturated heterocycles. The summed E-state index contributed by atoms with van der Waals surface area (Å²) in [5, 5.41) is 12.5. The van der Waals surface area contributed by atoms with Crippen LogP contribution in [0.25, 0.3) is 0 Å². The van der Waals surface area contributed by atoms with Crippen LogP contribution in [0.15, 0.2) is 40.9 Å². The second-order valence-corrected chi connectivity index (χ2v) is 6.77. The number of urea groups is 1. The molecular weight excluding hydrogens is 391 g/mol. The number of halogens is 2. The number of hydrogen-bond acceptors (Lipinski definition) is 3. The standard InChI is InChI=1S/C18H18BrFN2O3/c1-25-17-8-11(2-7-16(17)23)10-22(13-4-5-13)18(24)21-15-6-3-12(20)9-14(15)19/h2-3,6-9,13,23H,4-5,10H2,1H3,(H,21,24). The third kappa shape index (κ3) is 4.22. The molecule has 25 heavy (non-hydrogen) atoms. The van der Waals surface area contributed by atoms with Gasteiger partial charge in [-0.25, -0.2) is 9.18 Å². The minimum atomic E-state index is -0.375. The molecule has 0 bridgehead atoms. The smallest absolute Gasteiger partial charge is 0.322 e. The molecule has 2 N–H and O–H groups in total. The van der Waals surface area contributed by atoms with Crippen LogP contribution in [-0.4, -0.2) is 29.2 Å². The summed E-state index contributed by atoms with van der Waals surface area (Å²) in [4.78, 5) is 14.4. The summed E-state index contributed by atoms with van der Waals surface area (Å²) < 4.78 is 18.8. The molecule has 1 saturated carbocycles. The largest absolute Gasteiger partial charge is 0.504 e. The quantitative estimate of drug-likeness (QED) is 0.765. The number of nitrogens with zero attached hydrogens (tertiary/aromatic N) is 1. The van der Waals surface area contributed by atoms with Gasteiger partial charge in [-0.3, -0.25) is 0 Å². The summed E-state index contributed by atoms with van der Waals surface area (Å²) in [6.07, 6.45) is 1.90. The van der Waals surface area contributed by atoms with Crippen molar-refractivity contribution in [2.45, 2.75) is 25.4 Å². The molecule has 1 aliphatic rings. The average molecular weight is 409 g/mol. The fourth-order valence-electron chi connectivity index (χ4n) is 2.55. The van der Waals surface area contributed by atoms with Gasteiger partial charge in [0.15, 0.2) is 11.5 Å². The highest BCUT2D eigenvalue weighted by atomic mass is 79.9. The van der Waals surface area contributed by atoms with Crippen LogP contribution >= 0.6 is 15.9 Å². The zero-order valence-electron chi connectivity index (χ0n) is 13.6. The summed E-state index contributed by atoms with van der Waals surface area (Å²) in [5.41, 5.74) is 1.37. The predicted octanol–water partition coefficient (Wildman–Crippen LogP) is 4.50. The molecular formula is C18H18BrFN2O3. The third-order valence-corrected chi connectivity index (χ3v) is 4.67. The van der Waals surface area contributed by atoms with Crippen molar-refractivity contribution in [2.75, 3.05) is 12.4 Å². The Morgan fingerprint density at radius 3 is 2.76 bits per heavy atom. The van der Waals surface area contributed by atoms with Crippen molar-refractivity contribution < 1.29 is 19.0 Å². The molecule has 1 fully saturated rings. The topological polar surface area (TPSA) is 61.8 Å². The maximum atomic E-state index is 13.2. The van der Waals surface area contributed by atoms with Gasteiger partial charge in [-0.05, 0) is 64.7 Å². The Labute approximate surface area is 153 Å². The first-order valence-electron chi connectivity index (χ1n) is 7.86. The number of rotatable bonds is 5. The van der Waals surface area contributed by atoms with Gasteiger partial charge in [0, 0.05) is 17.1 Å². The van der Waals surface area contributed by atoms with Gasteiger partial charge in [0.05, 0.1) is 12.8 Å². The van der Waals surface area contributed by atoms with Crippen molar-refractivity contribution in [2.24, 2.45) is 0 Å². The molecule has 0 aromatic heterocycles. The highest BCUT2D eigenvalue weighted by Crippen LogP contribution is 2.32. The molecule has 1 aliphatic carbocycles. The Morgan fingerprint density at radius 1 is 1.36 bits per heavy atom. The number of phenolic OH excluding ortho intramolecular Hbond substituents is 1. The maximum Gasteiger partial charge on any atom is 0.322 e. The van der Waals surface area contributed by atoms with E-state index in [2.05, 4.69) is 21.2 Å². The van der Waals surface area contributed by atoms with Crippen LogP contribution in [0.3, 0.4) is 0 Å². The molecule has 0 aliphatic heterocycles. The van der Waals surface area contributed by atoms with E-state index in [1.807, 2.05) is 0 Å². The normalized spacial score (nSPS) is 13.4. The fraction of sp³-hybridized carbons (Fsp3) is 0.278. The molecule has 132 valence electrons. The molecule has 0 radical (unpaired) electrons. The van der Waals surface area contributed by atoms with Gasteiger partial charge >= 0.3 is 6.03 Å². The first-order chi connectivity index (χ1) is 12.0. The lowest BCUT2D eigenvalue weighted by Crippen LogP contribution is -2.36. The van der Waals surface area contributed by atoms with Crippen LogP contribution in [0.5, 0.6) is 11.5 Å². The Bertz CT molecular complexity index is 796. The summed E-state index contributed by atoms with van der Waals surface area (Å²) in [6.45, 7) is 0.395. The van der Waals surface area contributed by atoms with E-state index in [4.69, 9.17) is 4.74 Å². The van der Waals surface area contributed by atoms with E-state index in [1.165, 1.54) is 25.3 Å². The van der Waals surface area contributed by atoms with Crippen LogP contribution in [-0.2, 0) is 6.54 Å². The van der Waals surface area contributed by atoms with Crippen LogP contribution < -0.4 is 10.1 Å². The van der Waals surface area contributed by atoms with Crippen LogP contribution in [0.4, 0.5) is 14.9 Å². The lowest BCUT2D eigenvalue weighted by molar-refractivity contribution is 0.206. The van der Waals surface area contributed by atoms with Crippen molar-refractivity contribution in [3.05, 3.63) is 52.3 Å². The molecule has 2 aromatic rings. The summed E-state index contributed by atoms with van der Waals surface area (Å²) >= 11 is 3.25. The molecule has 2 amide bonds. The number of phenols is 1. The van der Waals surface area contributed by atoms with Crippen molar-refractivity contribution in [1.29, 1.82) is 0 Å². The van der Waals surface area contributed by atoms with E-state index < -0.39 is 0 Å². The summed E-state index contributed by atoms with van der Waals surface area (Å²) in [6, 6.07) is 9.08. The van der Waals surface area contributed by atoms with Crippen molar-refractivity contribution in [3.8, 4) is 11.5 Å². The second-order valence-electron chi connectivity index (χ2n) is 5.92. The number of aromatic hydroxyl groups is 1. The first kappa shape index (κ1) is 17.5. The van der Waals surface area contributed by atoms with Crippen molar-refractivity contribution in [1.82, 2.24) is 4.90 Å². The number of carbonyl (C=O) groups is 1. The zero-order valence-corrected chi connectivity index (χ0v) is 15.2. The number of nitrogens with one attached hydrogen (secondary N) is 1. The van der Waals surface area contributed by atoms with Crippen molar-refractivity contribution in [3.63, 3.8) is 0 Å². The molecule has 0 spiro atoms. The molecule has 0 heterocycles. The zero-order chi connectivity index (χ0) is 18.0. The number of ether oxygens (including phenoxy) is 1. The van der Waals surface area contributed by atoms with E-state index >= 15 is 0 Å². The van der Waals surface area contributed by atoms with Gasteiger partial charge in [0.2, 0.25) is 0 Å². The van der Waals surface area contributed by atoms with E-state index in [0.717, 1.165) is 18.4 Å². The summed E-state index contributed by atoms with van der Waals surface area (Å²) in [5.74, 6) is 0.0546. The maximum absolute atomic E-state index is 13.2. The van der Waals surface area contributed by atoms with E-state index in [0.29, 0.717) is 22.5 Å². The Morgan fingerprint density at radius 2 is 2.12 bits per heavy atom. The Balaban J connectivity index is 1.75. The number of methoxy groups -OCH3 is 1. The molecule has 0 unspecified atom stereocenters. The highest BCUT2D eigenvalue weighted by molar-refractivity contribution is 9.10.